The van der Waals surface area contributed by atoms with E-state index in [1.807, 2.05) is 45.0 Å². The van der Waals surface area contributed by atoms with E-state index in [2.05, 4.69) is 10.3 Å². The summed E-state index contributed by atoms with van der Waals surface area (Å²) in [6, 6.07) is 7.63. The fraction of sp³-hybridized carbons (Fsp3) is 0.520. The molecule has 9 nitrogen and oxygen atoms in total. The van der Waals surface area contributed by atoms with Crippen molar-refractivity contribution < 1.29 is 9.59 Å². The van der Waals surface area contributed by atoms with Crippen LogP contribution in [0.5, 0.6) is 0 Å². The maximum Gasteiger partial charge on any atom is 0.330 e. The van der Waals surface area contributed by atoms with E-state index in [1.54, 1.807) is 0 Å². The molecule has 0 fully saturated rings. The first-order valence-corrected chi connectivity index (χ1v) is 12.0. The summed E-state index contributed by atoms with van der Waals surface area (Å²) in [4.78, 5) is 54.7. The van der Waals surface area contributed by atoms with Gasteiger partial charge in [0.1, 0.15) is 5.82 Å². The second kappa shape index (κ2) is 11.2. The van der Waals surface area contributed by atoms with Crippen molar-refractivity contribution in [3.8, 4) is 0 Å². The van der Waals surface area contributed by atoms with Crippen LogP contribution in [0.3, 0.4) is 0 Å². The Morgan fingerprint density at radius 3 is 2.68 bits per heavy atom. The van der Waals surface area contributed by atoms with Crippen LogP contribution in [0.15, 0.2) is 33.9 Å². The van der Waals surface area contributed by atoms with Crippen molar-refractivity contribution >= 4 is 29.0 Å². The van der Waals surface area contributed by atoms with E-state index >= 15 is 0 Å². The highest BCUT2D eigenvalue weighted by Gasteiger charge is 2.29. The minimum absolute atomic E-state index is 0.00337. The predicted molar refractivity (Wildman–Crippen MR) is 134 cm³/mol. The van der Waals surface area contributed by atoms with Crippen LogP contribution in [0.4, 0.5) is 17.2 Å². The Morgan fingerprint density at radius 1 is 1.24 bits per heavy atom. The van der Waals surface area contributed by atoms with Gasteiger partial charge in [-0.05, 0) is 43.2 Å². The van der Waals surface area contributed by atoms with Crippen molar-refractivity contribution in [2.75, 3.05) is 22.5 Å². The van der Waals surface area contributed by atoms with E-state index in [0.29, 0.717) is 44.7 Å². The standard InChI is InChI=1S/C25H35N5O4/c1-4-5-13-30-22(26)21(24(33)28-25(30)34)29(14-12-16(2)3)20(31)11-10-18-15-17-8-6-7-9-19(17)27-23(18)32/h6-9,16,18H,4-5,10-15,26H2,1-3H3,(H,27,32)(H,28,33,34)/t18-/m0/s1. The average molecular weight is 470 g/mol. The summed E-state index contributed by atoms with van der Waals surface area (Å²) in [7, 11) is 0. The van der Waals surface area contributed by atoms with Gasteiger partial charge >= 0.3 is 5.69 Å². The van der Waals surface area contributed by atoms with E-state index in [9.17, 15) is 19.2 Å². The molecule has 0 spiro atoms. The van der Waals surface area contributed by atoms with Crippen LogP contribution in [0.1, 0.15) is 58.4 Å². The summed E-state index contributed by atoms with van der Waals surface area (Å²) in [5.74, 6) is -0.429. The molecule has 0 saturated carbocycles. The van der Waals surface area contributed by atoms with Crippen molar-refractivity contribution in [1.82, 2.24) is 9.55 Å². The molecule has 34 heavy (non-hydrogen) atoms. The molecule has 4 N–H and O–H groups in total. The molecule has 1 aromatic heterocycles. The molecule has 9 heteroatoms. The molecule has 1 aliphatic heterocycles. The predicted octanol–water partition coefficient (Wildman–Crippen LogP) is 2.89. The van der Waals surface area contributed by atoms with Crippen molar-refractivity contribution in [1.29, 1.82) is 0 Å². The lowest BCUT2D eigenvalue weighted by Gasteiger charge is -2.27. The van der Waals surface area contributed by atoms with Crippen molar-refractivity contribution in [3.05, 3.63) is 50.7 Å². The summed E-state index contributed by atoms with van der Waals surface area (Å²) < 4.78 is 1.32. The molecule has 1 aliphatic rings. The molecule has 1 atom stereocenters. The van der Waals surface area contributed by atoms with Crippen LogP contribution in [-0.4, -0.2) is 27.9 Å². The monoisotopic (exact) mass is 469 g/mol. The lowest BCUT2D eigenvalue weighted by Crippen LogP contribution is -2.42. The van der Waals surface area contributed by atoms with E-state index in [-0.39, 0.29) is 35.7 Å². The fourth-order valence-electron chi connectivity index (χ4n) is 4.20. The SMILES string of the molecule is CCCCn1c(N)c(N(CCC(C)C)C(=O)CC[C@H]2Cc3ccccc3NC2=O)c(=O)[nH]c1=O. The topological polar surface area (TPSA) is 130 Å². The number of para-hydroxylation sites is 1. The number of rotatable bonds is 10. The van der Waals surface area contributed by atoms with Crippen LogP contribution in [0, 0.1) is 11.8 Å². The quantitative estimate of drug-likeness (QED) is 0.493. The zero-order chi connectivity index (χ0) is 24.8. The fourth-order valence-corrected chi connectivity index (χ4v) is 4.20. The van der Waals surface area contributed by atoms with Gasteiger partial charge in [0.05, 0.1) is 0 Å². The van der Waals surface area contributed by atoms with Crippen molar-refractivity contribution in [3.63, 3.8) is 0 Å². The van der Waals surface area contributed by atoms with Crippen molar-refractivity contribution in [2.45, 2.75) is 65.8 Å². The van der Waals surface area contributed by atoms with Gasteiger partial charge < -0.3 is 16.0 Å². The number of nitrogen functional groups attached to an aromatic ring is 1. The number of fused-ring (bicyclic) bond motifs is 1. The molecule has 0 aliphatic carbocycles. The second-order valence-corrected chi connectivity index (χ2v) is 9.31. The highest BCUT2D eigenvalue weighted by atomic mass is 16.2. The normalized spacial score (nSPS) is 15.2. The first-order chi connectivity index (χ1) is 16.2. The number of nitrogens with two attached hydrogens (primary N) is 1. The largest absolute Gasteiger partial charge is 0.383 e. The highest BCUT2D eigenvalue weighted by Crippen LogP contribution is 2.28. The Morgan fingerprint density at radius 2 is 1.97 bits per heavy atom. The molecule has 3 rings (SSSR count). The van der Waals surface area contributed by atoms with E-state index in [4.69, 9.17) is 5.73 Å². The molecule has 0 unspecified atom stereocenters. The highest BCUT2D eigenvalue weighted by molar-refractivity contribution is 5.98. The third-order valence-electron chi connectivity index (χ3n) is 6.27. The molecular formula is C25H35N5O4. The third-order valence-corrected chi connectivity index (χ3v) is 6.27. The zero-order valence-electron chi connectivity index (χ0n) is 20.2. The molecule has 0 radical (unpaired) electrons. The molecule has 0 bridgehead atoms. The van der Waals surface area contributed by atoms with E-state index < -0.39 is 11.2 Å². The number of H-pyrrole nitrogens is 1. The number of aromatic amines is 1. The number of hydrogen-bond acceptors (Lipinski definition) is 5. The minimum Gasteiger partial charge on any atom is -0.383 e. The van der Waals surface area contributed by atoms with E-state index in [0.717, 1.165) is 17.7 Å². The molecule has 1 aromatic carbocycles. The maximum atomic E-state index is 13.4. The smallest absolute Gasteiger partial charge is 0.330 e. The Labute approximate surface area is 199 Å². The van der Waals surface area contributed by atoms with Gasteiger partial charge in [0.15, 0.2) is 5.69 Å². The molecule has 184 valence electrons. The van der Waals surface area contributed by atoms with Crippen LogP contribution >= 0.6 is 0 Å². The van der Waals surface area contributed by atoms with E-state index in [1.165, 1.54) is 9.47 Å². The van der Waals surface area contributed by atoms with Gasteiger partial charge in [-0.25, -0.2) is 4.79 Å². The first kappa shape index (κ1) is 25.3. The lowest BCUT2D eigenvalue weighted by molar-refractivity contribution is -0.121. The summed E-state index contributed by atoms with van der Waals surface area (Å²) in [5, 5.41) is 2.91. The summed E-state index contributed by atoms with van der Waals surface area (Å²) >= 11 is 0. The molecular weight excluding hydrogens is 434 g/mol. The Kier molecular flexibility index (Phi) is 8.31. The first-order valence-electron chi connectivity index (χ1n) is 12.0. The van der Waals surface area contributed by atoms with Gasteiger partial charge in [0.2, 0.25) is 11.8 Å². The lowest BCUT2D eigenvalue weighted by atomic mass is 9.89. The van der Waals surface area contributed by atoms with Crippen LogP contribution < -0.4 is 27.2 Å². The number of nitrogens with one attached hydrogen (secondary N) is 2. The molecule has 2 amide bonds. The van der Waals surface area contributed by atoms with Gasteiger partial charge in [-0.15, -0.1) is 0 Å². The third kappa shape index (κ3) is 5.76. The Bertz CT molecular complexity index is 1150. The number of benzene rings is 1. The zero-order valence-corrected chi connectivity index (χ0v) is 20.2. The molecule has 2 heterocycles. The minimum atomic E-state index is -0.670. The van der Waals surface area contributed by atoms with Gasteiger partial charge in [-0.1, -0.05) is 45.4 Å². The number of unbranched alkanes of at least 4 members (excludes halogenated alkanes) is 1. The maximum absolute atomic E-state index is 13.4. The van der Waals surface area contributed by atoms with Gasteiger partial charge in [-0.2, -0.15) is 0 Å². The van der Waals surface area contributed by atoms with Gasteiger partial charge in [0, 0.05) is 31.1 Å². The number of carbonyl (C=O) groups excluding carboxylic acids is 2. The van der Waals surface area contributed by atoms with Gasteiger partial charge in [0.25, 0.3) is 5.56 Å². The second-order valence-electron chi connectivity index (χ2n) is 9.31. The van der Waals surface area contributed by atoms with Crippen LogP contribution in [-0.2, 0) is 22.6 Å². The summed E-state index contributed by atoms with van der Waals surface area (Å²) in [6.45, 7) is 6.71. The summed E-state index contributed by atoms with van der Waals surface area (Å²) in [5.41, 5.74) is 6.89. The number of anilines is 3. The number of carbonyl (C=O) groups is 2. The Hall–Kier alpha value is -3.36. The average Bonchev–Trinajstić information content (AvgIpc) is 2.79. The van der Waals surface area contributed by atoms with Crippen LogP contribution in [0.25, 0.3) is 0 Å². The number of amides is 2. The number of aromatic nitrogens is 2. The Balaban J connectivity index is 1.84. The van der Waals surface area contributed by atoms with Crippen LogP contribution in [0.2, 0.25) is 0 Å². The van der Waals surface area contributed by atoms with Crippen molar-refractivity contribution in [2.24, 2.45) is 11.8 Å². The number of nitrogens with zero attached hydrogens (tertiary/aromatic N) is 2. The summed E-state index contributed by atoms with van der Waals surface area (Å²) in [6.07, 6.45) is 3.23. The molecule has 0 saturated heterocycles. The number of hydrogen-bond donors (Lipinski definition) is 3. The van der Waals surface area contributed by atoms with Gasteiger partial charge in [-0.3, -0.25) is 23.9 Å². The molecule has 2 aromatic rings.